The second kappa shape index (κ2) is 5.74. The molecule has 0 saturated heterocycles. The maximum atomic E-state index is 12.0. The Hall–Kier alpha value is -2.03. The molecule has 0 fully saturated rings. The van der Waals surface area contributed by atoms with Crippen molar-refractivity contribution in [1.29, 1.82) is 0 Å². The quantitative estimate of drug-likeness (QED) is 0.772. The molecule has 0 aliphatic carbocycles. The number of carbonyl (C=O) groups excluding carboxylic acids is 1. The van der Waals surface area contributed by atoms with Gasteiger partial charge in [-0.3, -0.25) is 4.90 Å². The van der Waals surface area contributed by atoms with Crippen LogP contribution in [0.2, 0.25) is 0 Å². The largest absolute Gasteiger partial charge is 0.445 e. The molecule has 0 N–H and O–H groups in total. The second-order valence-corrected chi connectivity index (χ2v) is 4.86. The molecule has 0 spiro atoms. The van der Waals surface area contributed by atoms with Crippen molar-refractivity contribution >= 4 is 11.8 Å². The first-order chi connectivity index (χ1) is 9.11. The zero-order chi connectivity index (χ0) is 13.8. The molecule has 1 aromatic rings. The molecule has 1 heterocycles. The molecule has 3 heteroatoms. The number of cyclic esters (lactones) is 1. The van der Waals surface area contributed by atoms with E-state index in [-0.39, 0.29) is 6.09 Å². The lowest BCUT2D eigenvalue weighted by molar-refractivity contribution is 0.166. The summed E-state index contributed by atoms with van der Waals surface area (Å²) in [5.74, 6) is 0. The van der Waals surface area contributed by atoms with Gasteiger partial charge in [-0.05, 0) is 43.5 Å². The number of hydrogen-bond acceptors (Lipinski definition) is 2. The van der Waals surface area contributed by atoms with Gasteiger partial charge in [0.25, 0.3) is 0 Å². The normalized spacial score (nSPS) is 16.1. The van der Waals surface area contributed by atoms with Crippen LogP contribution in [0.15, 0.2) is 48.1 Å². The van der Waals surface area contributed by atoms with E-state index in [0.717, 1.165) is 17.7 Å². The molecule has 1 aromatic carbocycles. The first-order valence-corrected chi connectivity index (χ1v) is 6.41. The Bertz CT molecular complexity index is 514. The minimum Gasteiger partial charge on any atom is -0.445 e. The van der Waals surface area contributed by atoms with Crippen molar-refractivity contribution in [1.82, 2.24) is 0 Å². The summed E-state index contributed by atoms with van der Waals surface area (Å²) >= 11 is 0. The molecule has 0 saturated carbocycles. The van der Waals surface area contributed by atoms with E-state index in [9.17, 15) is 4.79 Å². The van der Waals surface area contributed by atoms with Gasteiger partial charge in [0.2, 0.25) is 0 Å². The summed E-state index contributed by atoms with van der Waals surface area (Å²) in [6.07, 6.45) is 2.42. The van der Waals surface area contributed by atoms with E-state index in [1.54, 1.807) is 4.90 Å². The zero-order valence-electron chi connectivity index (χ0n) is 11.5. The van der Waals surface area contributed by atoms with E-state index in [0.29, 0.717) is 13.2 Å². The molecule has 1 aliphatic rings. The first kappa shape index (κ1) is 13.4. The molecule has 0 radical (unpaired) electrons. The predicted molar refractivity (Wildman–Crippen MR) is 77.4 cm³/mol. The number of anilines is 1. The number of benzene rings is 1. The lowest BCUT2D eigenvalue weighted by Crippen LogP contribution is -2.31. The minimum atomic E-state index is -0.285. The Morgan fingerprint density at radius 1 is 1.26 bits per heavy atom. The Morgan fingerprint density at radius 2 is 1.95 bits per heavy atom. The van der Waals surface area contributed by atoms with Crippen LogP contribution >= 0.6 is 0 Å². The molecule has 19 heavy (non-hydrogen) atoms. The van der Waals surface area contributed by atoms with Crippen molar-refractivity contribution in [2.75, 3.05) is 18.1 Å². The van der Waals surface area contributed by atoms with E-state index < -0.39 is 0 Å². The van der Waals surface area contributed by atoms with Crippen molar-refractivity contribution in [2.24, 2.45) is 0 Å². The highest BCUT2D eigenvalue weighted by Gasteiger charge is 2.21. The number of amides is 1. The highest BCUT2D eigenvalue weighted by Crippen LogP contribution is 2.21. The summed E-state index contributed by atoms with van der Waals surface area (Å²) in [4.78, 5) is 13.6. The fourth-order valence-corrected chi connectivity index (χ4v) is 1.98. The third-order valence-corrected chi connectivity index (χ3v) is 3.38. The van der Waals surface area contributed by atoms with Crippen LogP contribution in [0.3, 0.4) is 0 Å². The highest BCUT2D eigenvalue weighted by molar-refractivity contribution is 5.88. The third kappa shape index (κ3) is 3.05. The van der Waals surface area contributed by atoms with Crippen LogP contribution < -0.4 is 4.90 Å². The summed E-state index contributed by atoms with van der Waals surface area (Å²) < 4.78 is 5.24. The summed E-state index contributed by atoms with van der Waals surface area (Å²) in [6, 6.07) is 7.93. The molecule has 100 valence electrons. The molecule has 3 nitrogen and oxygen atoms in total. The number of nitrogens with zero attached hydrogens (tertiary/aromatic N) is 1. The predicted octanol–water partition coefficient (Wildman–Crippen LogP) is 3.71. The Balaban J connectivity index is 2.23. The van der Waals surface area contributed by atoms with Crippen LogP contribution in [0.1, 0.15) is 19.4 Å². The Labute approximate surface area is 114 Å². The average molecular weight is 257 g/mol. The van der Waals surface area contributed by atoms with Gasteiger partial charge in [-0.25, -0.2) is 4.79 Å². The van der Waals surface area contributed by atoms with Gasteiger partial charge in [-0.2, -0.15) is 0 Å². The second-order valence-electron chi connectivity index (χ2n) is 4.86. The van der Waals surface area contributed by atoms with Crippen molar-refractivity contribution in [2.45, 2.75) is 20.3 Å². The molecule has 0 atom stereocenters. The van der Waals surface area contributed by atoms with Gasteiger partial charge in [0.05, 0.1) is 6.54 Å². The molecular weight excluding hydrogens is 238 g/mol. The minimum absolute atomic E-state index is 0.285. The van der Waals surface area contributed by atoms with Crippen molar-refractivity contribution in [3.05, 3.63) is 53.6 Å². The van der Waals surface area contributed by atoms with Gasteiger partial charge >= 0.3 is 6.09 Å². The summed E-state index contributed by atoms with van der Waals surface area (Å²) in [5.41, 5.74) is 4.36. The van der Waals surface area contributed by atoms with Gasteiger partial charge < -0.3 is 4.74 Å². The summed E-state index contributed by atoms with van der Waals surface area (Å²) in [5, 5.41) is 0. The fourth-order valence-electron chi connectivity index (χ4n) is 1.98. The van der Waals surface area contributed by atoms with Gasteiger partial charge in [0.1, 0.15) is 6.61 Å². The number of rotatable bonds is 3. The van der Waals surface area contributed by atoms with Crippen LogP contribution in [0.4, 0.5) is 10.5 Å². The van der Waals surface area contributed by atoms with Crippen molar-refractivity contribution < 1.29 is 9.53 Å². The molecule has 2 rings (SSSR count). The molecular formula is C16H19NO2. The monoisotopic (exact) mass is 257 g/mol. The molecule has 0 unspecified atom stereocenters. The highest BCUT2D eigenvalue weighted by atomic mass is 16.6. The Kier molecular flexibility index (Phi) is 4.05. The van der Waals surface area contributed by atoms with Crippen LogP contribution in [0.5, 0.6) is 0 Å². The molecule has 0 aromatic heterocycles. The van der Waals surface area contributed by atoms with E-state index in [1.807, 2.05) is 44.2 Å². The SMILES string of the molecule is C=CCc1ccc(N2CC(C)=C(C)COC2=O)cc1. The Morgan fingerprint density at radius 3 is 2.58 bits per heavy atom. The zero-order valence-corrected chi connectivity index (χ0v) is 11.5. The van der Waals surface area contributed by atoms with Gasteiger partial charge in [0, 0.05) is 5.69 Å². The number of carbonyl (C=O) groups is 1. The van der Waals surface area contributed by atoms with Crippen LogP contribution in [-0.4, -0.2) is 19.2 Å². The van der Waals surface area contributed by atoms with Crippen molar-refractivity contribution in [3.63, 3.8) is 0 Å². The van der Waals surface area contributed by atoms with Crippen molar-refractivity contribution in [3.8, 4) is 0 Å². The maximum absolute atomic E-state index is 12.0. The standard InChI is InChI=1S/C16H19NO2/c1-4-5-14-6-8-15(9-7-14)17-10-12(2)13(3)11-19-16(17)18/h4,6-9H,1,5,10-11H2,2-3H3. The summed E-state index contributed by atoms with van der Waals surface area (Å²) in [6.45, 7) is 8.73. The van der Waals surface area contributed by atoms with E-state index in [4.69, 9.17) is 4.74 Å². The summed E-state index contributed by atoms with van der Waals surface area (Å²) in [7, 11) is 0. The van der Waals surface area contributed by atoms with Gasteiger partial charge in [-0.15, -0.1) is 6.58 Å². The molecule has 1 amide bonds. The fraction of sp³-hybridized carbons (Fsp3) is 0.312. The lowest BCUT2D eigenvalue weighted by atomic mass is 10.1. The average Bonchev–Trinajstić information content (AvgIpc) is 2.54. The van der Waals surface area contributed by atoms with Crippen LogP contribution in [0.25, 0.3) is 0 Å². The smallest absolute Gasteiger partial charge is 0.414 e. The lowest BCUT2D eigenvalue weighted by Gasteiger charge is -2.20. The van der Waals surface area contributed by atoms with Crippen LogP contribution in [-0.2, 0) is 11.2 Å². The number of ether oxygens (including phenoxy) is 1. The van der Waals surface area contributed by atoms with Gasteiger partial charge in [0.15, 0.2) is 0 Å². The van der Waals surface area contributed by atoms with Gasteiger partial charge in [-0.1, -0.05) is 23.8 Å². The van der Waals surface area contributed by atoms with E-state index >= 15 is 0 Å². The molecule has 1 aliphatic heterocycles. The number of hydrogen-bond donors (Lipinski definition) is 0. The molecule has 0 bridgehead atoms. The topological polar surface area (TPSA) is 29.5 Å². The van der Waals surface area contributed by atoms with E-state index in [1.165, 1.54) is 11.1 Å². The first-order valence-electron chi connectivity index (χ1n) is 6.41. The third-order valence-electron chi connectivity index (χ3n) is 3.38. The van der Waals surface area contributed by atoms with Crippen LogP contribution in [0, 0.1) is 0 Å². The van der Waals surface area contributed by atoms with E-state index in [2.05, 4.69) is 6.58 Å². The maximum Gasteiger partial charge on any atom is 0.414 e. The number of allylic oxidation sites excluding steroid dienone is 1.